The molecular weight excluding hydrogens is 491 g/mol. The summed E-state index contributed by atoms with van der Waals surface area (Å²) in [5, 5.41) is 20.4. The number of hydrogen-bond acceptors (Lipinski definition) is 7. The molecule has 0 amide bonds. The third-order valence-corrected chi connectivity index (χ3v) is 6.73. The van der Waals surface area contributed by atoms with E-state index in [2.05, 4.69) is 10.3 Å². The second-order valence-corrected chi connectivity index (χ2v) is 10.9. The Kier molecular flexibility index (Phi) is 9.25. The molecule has 1 atom stereocenters. The number of hydrogen-bond donors (Lipinski definition) is 0. The molecule has 1 saturated carbocycles. The molecule has 1 fully saturated rings. The van der Waals surface area contributed by atoms with Gasteiger partial charge in [0, 0.05) is 46.8 Å². The third-order valence-electron chi connectivity index (χ3n) is 6.38. The molecule has 186 valence electrons. The molecule has 36 heavy (non-hydrogen) atoms. The number of halogens is 1. The van der Waals surface area contributed by atoms with Crippen LogP contribution < -0.4 is 34.7 Å². The summed E-state index contributed by atoms with van der Waals surface area (Å²) in [6.45, 7) is 8.04. The second-order valence-electron chi connectivity index (χ2n) is 10.5. The number of benzene rings is 1. The Hall–Kier alpha value is -1.93. The average molecular weight is 521 g/mol. The van der Waals surface area contributed by atoms with E-state index >= 15 is 0 Å². The van der Waals surface area contributed by atoms with Crippen molar-refractivity contribution in [2.24, 2.45) is 0 Å². The van der Waals surface area contributed by atoms with Gasteiger partial charge in [0.1, 0.15) is 11.5 Å². The fraction of sp³-hybridized carbons (Fsp3) is 0.481. The first kappa shape index (κ1) is 28.6. The van der Waals surface area contributed by atoms with Crippen LogP contribution in [0.2, 0.25) is 5.02 Å². The number of ketones is 1. The number of nitrogens with zero attached hydrogens (tertiary/aromatic N) is 2. The molecule has 0 spiro atoms. The van der Waals surface area contributed by atoms with Crippen molar-refractivity contribution >= 4 is 23.4 Å². The minimum absolute atomic E-state index is 0. The van der Waals surface area contributed by atoms with Gasteiger partial charge < -0.3 is 18.9 Å². The van der Waals surface area contributed by atoms with E-state index < -0.39 is 11.9 Å². The number of aryl methyl sites for hydroxylation is 1. The Morgan fingerprint density at radius 2 is 1.89 bits per heavy atom. The Morgan fingerprint density at radius 1 is 1.17 bits per heavy atom. The first-order valence-corrected chi connectivity index (χ1v) is 12.3. The summed E-state index contributed by atoms with van der Waals surface area (Å²) in [6.07, 6.45) is 2.32. The average Bonchev–Trinajstić information content (AvgIpc) is 3.30. The third kappa shape index (κ3) is 6.88. The predicted octanol–water partition coefficient (Wildman–Crippen LogP) is 2.29. The molecule has 0 aliphatic heterocycles. The summed E-state index contributed by atoms with van der Waals surface area (Å²) >= 11 is 6.33. The Morgan fingerprint density at radius 3 is 2.47 bits per heavy atom. The van der Waals surface area contributed by atoms with Gasteiger partial charge in [0.25, 0.3) is 0 Å². The van der Waals surface area contributed by atoms with Gasteiger partial charge in [-0.05, 0) is 55.7 Å². The zero-order valence-corrected chi connectivity index (χ0v) is 24.3. The molecule has 0 saturated heterocycles. The number of aliphatic carboxylic acids is 1. The van der Waals surface area contributed by atoms with Crippen molar-refractivity contribution < 1.29 is 53.3 Å². The van der Waals surface area contributed by atoms with Crippen LogP contribution in [0.15, 0.2) is 33.3 Å². The summed E-state index contributed by atoms with van der Waals surface area (Å²) in [5.74, 6) is -0.103. The van der Waals surface area contributed by atoms with Crippen LogP contribution in [0.3, 0.4) is 0 Å². The van der Waals surface area contributed by atoms with E-state index in [1.165, 1.54) is 0 Å². The Labute approximate surface area is 238 Å². The number of rotatable bonds is 10. The number of carboxylic acid groups (broad SMARTS) is 1. The van der Waals surface area contributed by atoms with Crippen LogP contribution >= 0.6 is 11.6 Å². The van der Waals surface area contributed by atoms with Crippen molar-refractivity contribution in [3.05, 3.63) is 57.4 Å². The standard InChI is InChI=1S/C27H31ClN2O5.Na/c1-15-5-6-17(20(28)11-15)12-19(31)13-18(9-10-23(32)33)25-24(16-7-8-16)26(35-30-25)21-14-22(34-29-21)27(2,3)4;/h5-6,11,14,16,18H,7-10,12-13H2,1-4H3,(H,32,33);/q;+1/p-1/t18-;/m0./s1. The molecule has 2 heterocycles. The van der Waals surface area contributed by atoms with E-state index in [0.29, 0.717) is 22.2 Å². The first-order chi connectivity index (χ1) is 16.5. The van der Waals surface area contributed by atoms with Crippen molar-refractivity contribution in [2.45, 2.75) is 83.5 Å². The van der Waals surface area contributed by atoms with Crippen LogP contribution in [-0.4, -0.2) is 22.1 Å². The molecular formula is C27H30ClN2NaO5. The molecule has 0 bridgehead atoms. The molecule has 1 aliphatic carbocycles. The largest absolute Gasteiger partial charge is 1.00 e. The molecule has 3 aromatic rings. The zero-order chi connectivity index (χ0) is 25.3. The van der Waals surface area contributed by atoms with Gasteiger partial charge in [-0.2, -0.15) is 0 Å². The van der Waals surface area contributed by atoms with E-state index in [9.17, 15) is 14.7 Å². The number of carbonyl (C=O) groups excluding carboxylic acids is 2. The Bertz CT molecular complexity index is 1240. The number of aromatic nitrogens is 2. The van der Waals surface area contributed by atoms with E-state index in [4.69, 9.17) is 20.6 Å². The van der Waals surface area contributed by atoms with Gasteiger partial charge in [0.2, 0.25) is 0 Å². The molecule has 7 nitrogen and oxygen atoms in total. The summed E-state index contributed by atoms with van der Waals surface area (Å²) in [5.41, 5.74) is 3.66. The Balaban J connectivity index is 0.00000361. The minimum Gasteiger partial charge on any atom is -0.550 e. The van der Waals surface area contributed by atoms with Crippen molar-refractivity contribution in [1.29, 1.82) is 0 Å². The number of Topliss-reactive ketones (excluding diaryl/α,β-unsaturated/α-hetero) is 1. The van der Waals surface area contributed by atoms with Crippen LogP contribution in [0.4, 0.5) is 0 Å². The zero-order valence-electron chi connectivity index (χ0n) is 21.5. The SMILES string of the molecule is Cc1ccc(CC(=O)C[C@H](CCC(=O)[O-])c2noc(-c3cc(C(C)(C)C)on3)c2C2CC2)c(Cl)c1.[Na+]. The van der Waals surface area contributed by atoms with E-state index in [0.717, 1.165) is 35.3 Å². The summed E-state index contributed by atoms with van der Waals surface area (Å²) in [6, 6.07) is 7.46. The van der Waals surface area contributed by atoms with Crippen LogP contribution in [-0.2, 0) is 21.4 Å². The van der Waals surface area contributed by atoms with Gasteiger partial charge in [0.05, 0.1) is 5.69 Å². The molecule has 0 N–H and O–H groups in total. The molecule has 9 heteroatoms. The number of carbonyl (C=O) groups is 2. The molecule has 0 radical (unpaired) electrons. The maximum Gasteiger partial charge on any atom is 1.00 e. The summed E-state index contributed by atoms with van der Waals surface area (Å²) in [7, 11) is 0. The van der Waals surface area contributed by atoms with Crippen molar-refractivity contribution in [3.8, 4) is 11.5 Å². The molecule has 1 aliphatic rings. The maximum absolute atomic E-state index is 13.1. The smallest absolute Gasteiger partial charge is 0.550 e. The van der Waals surface area contributed by atoms with E-state index in [1.807, 2.05) is 52.0 Å². The van der Waals surface area contributed by atoms with Gasteiger partial charge in [-0.1, -0.05) is 54.8 Å². The first-order valence-electron chi connectivity index (χ1n) is 12.0. The van der Waals surface area contributed by atoms with Gasteiger partial charge in [-0.25, -0.2) is 0 Å². The van der Waals surface area contributed by atoms with Gasteiger partial charge in [-0.3, -0.25) is 4.79 Å². The molecule has 4 rings (SSSR count). The molecule has 0 unspecified atom stereocenters. The van der Waals surface area contributed by atoms with Gasteiger partial charge in [-0.15, -0.1) is 0 Å². The molecule has 1 aromatic carbocycles. The quantitative estimate of drug-likeness (QED) is 0.377. The van der Waals surface area contributed by atoms with E-state index in [1.54, 1.807) is 0 Å². The van der Waals surface area contributed by atoms with Crippen LogP contribution in [0.1, 0.15) is 92.9 Å². The minimum atomic E-state index is -1.16. The van der Waals surface area contributed by atoms with Crippen LogP contribution in [0, 0.1) is 6.92 Å². The fourth-order valence-corrected chi connectivity index (χ4v) is 4.58. The normalized spacial score (nSPS) is 14.4. The van der Waals surface area contributed by atoms with Crippen LogP contribution in [0.5, 0.6) is 0 Å². The van der Waals surface area contributed by atoms with E-state index in [-0.39, 0.29) is 72.4 Å². The summed E-state index contributed by atoms with van der Waals surface area (Å²) in [4.78, 5) is 24.3. The van der Waals surface area contributed by atoms with Gasteiger partial charge in [0.15, 0.2) is 11.5 Å². The summed E-state index contributed by atoms with van der Waals surface area (Å²) < 4.78 is 11.3. The predicted molar refractivity (Wildman–Crippen MR) is 129 cm³/mol. The topological polar surface area (TPSA) is 109 Å². The van der Waals surface area contributed by atoms with Crippen LogP contribution in [0.25, 0.3) is 11.5 Å². The fourth-order valence-electron chi connectivity index (χ4n) is 4.27. The monoisotopic (exact) mass is 520 g/mol. The van der Waals surface area contributed by atoms with Crippen molar-refractivity contribution in [1.82, 2.24) is 10.3 Å². The van der Waals surface area contributed by atoms with Crippen molar-refractivity contribution in [2.75, 3.05) is 0 Å². The maximum atomic E-state index is 13.1. The molecule has 2 aromatic heterocycles. The second kappa shape index (κ2) is 11.6. The number of carboxylic acids is 1. The van der Waals surface area contributed by atoms with Crippen molar-refractivity contribution in [3.63, 3.8) is 0 Å². The van der Waals surface area contributed by atoms with Gasteiger partial charge >= 0.3 is 29.6 Å².